The van der Waals surface area contributed by atoms with E-state index in [9.17, 15) is 14.0 Å². The van der Waals surface area contributed by atoms with Gasteiger partial charge in [-0.15, -0.1) is 0 Å². The van der Waals surface area contributed by atoms with Crippen molar-refractivity contribution in [2.24, 2.45) is 5.73 Å². The van der Waals surface area contributed by atoms with Gasteiger partial charge in [0.2, 0.25) is 0 Å². The van der Waals surface area contributed by atoms with Gasteiger partial charge in [-0.2, -0.15) is 0 Å². The molecule has 0 saturated carbocycles. The number of primary amides is 1. The number of carbonyl (C=O) groups is 2. The van der Waals surface area contributed by atoms with E-state index in [1.165, 1.54) is 6.07 Å². The van der Waals surface area contributed by atoms with Gasteiger partial charge in [-0.05, 0) is 37.5 Å². The van der Waals surface area contributed by atoms with Crippen LogP contribution < -0.4 is 16.0 Å². The first-order chi connectivity index (χ1) is 9.97. The molecular formula is C15H21FN3O2+. The molecule has 2 amide bonds. The topological polar surface area (TPSA) is 76.6 Å². The van der Waals surface area contributed by atoms with E-state index >= 15 is 0 Å². The van der Waals surface area contributed by atoms with Crippen molar-refractivity contribution in [1.82, 2.24) is 0 Å². The van der Waals surface area contributed by atoms with Crippen molar-refractivity contribution in [2.75, 3.05) is 18.4 Å². The maximum absolute atomic E-state index is 13.4. The Morgan fingerprint density at radius 1 is 1.43 bits per heavy atom. The lowest BCUT2D eigenvalue weighted by Crippen LogP contribution is -3.18. The number of carbonyl (C=O) groups excluding carboxylic acids is 2. The van der Waals surface area contributed by atoms with E-state index < -0.39 is 0 Å². The van der Waals surface area contributed by atoms with E-state index in [1.807, 2.05) is 0 Å². The predicted octanol–water partition coefficient (Wildman–Crippen LogP) is -0.00468. The predicted molar refractivity (Wildman–Crippen MR) is 77.3 cm³/mol. The van der Waals surface area contributed by atoms with E-state index in [0.29, 0.717) is 11.3 Å². The molecule has 1 aliphatic heterocycles. The molecule has 2 rings (SSSR count). The van der Waals surface area contributed by atoms with Crippen molar-refractivity contribution < 1.29 is 18.9 Å². The summed E-state index contributed by atoms with van der Waals surface area (Å²) in [5.41, 5.74) is 6.34. The number of aryl methyl sites for hydroxylation is 1. The summed E-state index contributed by atoms with van der Waals surface area (Å²) in [5.74, 6) is -0.951. The Bertz CT molecular complexity index is 548. The van der Waals surface area contributed by atoms with E-state index in [4.69, 9.17) is 5.73 Å². The molecule has 4 N–H and O–H groups in total. The number of piperidine rings is 1. The summed E-state index contributed by atoms with van der Waals surface area (Å²) in [5, 5.41) is 2.66. The zero-order valence-electron chi connectivity index (χ0n) is 12.1. The second kappa shape index (κ2) is 6.67. The molecule has 1 aromatic carbocycles. The molecule has 6 heteroatoms. The fourth-order valence-electron chi connectivity index (χ4n) is 2.72. The number of nitrogens with two attached hydrogens (primary N) is 1. The average Bonchev–Trinajstić information content (AvgIpc) is 2.43. The fraction of sp³-hybridized carbons (Fsp3) is 0.467. The molecule has 0 radical (unpaired) electrons. The second-order valence-electron chi connectivity index (χ2n) is 5.55. The van der Waals surface area contributed by atoms with Gasteiger partial charge in [0, 0.05) is 12.1 Å². The molecule has 114 valence electrons. The molecule has 0 aliphatic carbocycles. The molecule has 5 nitrogen and oxygen atoms in total. The number of hydrogen-bond donors (Lipinski definition) is 3. The molecule has 2 atom stereocenters. The maximum atomic E-state index is 13.4. The van der Waals surface area contributed by atoms with Crippen molar-refractivity contribution in [2.45, 2.75) is 32.2 Å². The third kappa shape index (κ3) is 4.01. The van der Waals surface area contributed by atoms with Crippen LogP contribution in [-0.2, 0) is 9.59 Å². The van der Waals surface area contributed by atoms with Crippen LogP contribution in [0.2, 0.25) is 0 Å². The van der Waals surface area contributed by atoms with Crippen LogP contribution in [0.25, 0.3) is 0 Å². The van der Waals surface area contributed by atoms with Gasteiger partial charge >= 0.3 is 0 Å². The maximum Gasteiger partial charge on any atom is 0.279 e. The molecule has 0 bridgehead atoms. The molecule has 1 fully saturated rings. The van der Waals surface area contributed by atoms with Crippen LogP contribution in [0.15, 0.2) is 18.2 Å². The van der Waals surface area contributed by atoms with Crippen LogP contribution in [0.3, 0.4) is 0 Å². The van der Waals surface area contributed by atoms with Crippen molar-refractivity contribution in [3.05, 3.63) is 29.6 Å². The standard InChI is InChI=1S/C15H20FN3O2/c1-10-5-6-11(8-12(10)16)18-14(20)9-19-7-3-2-4-13(19)15(17)21/h5-6,8,13H,2-4,7,9H2,1H3,(H2,17,21)(H,18,20)/p+1/t13-/m1/s1. The lowest BCUT2D eigenvalue weighted by atomic mass is 10.0. The number of rotatable bonds is 4. The van der Waals surface area contributed by atoms with Gasteiger partial charge in [-0.25, -0.2) is 4.39 Å². The van der Waals surface area contributed by atoms with Crippen LogP contribution in [-0.4, -0.2) is 30.9 Å². The molecule has 1 unspecified atom stereocenters. The first kappa shape index (κ1) is 15.4. The minimum absolute atomic E-state index is 0.170. The minimum atomic E-state index is -0.362. The molecule has 1 saturated heterocycles. The fourth-order valence-corrected chi connectivity index (χ4v) is 2.72. The van der Waals surface area contributed by atoms with Gasteiger partial charge in [-0.1, -0.05) is 6.07 Å². The summed E-state index contributed by atoms with van der Waals surface area (Å²) in [6.45, 7) is 2.59. The first-order valence-corrected chi connectivity index (χ1v) is 7.17. The highest BCUT2D eigenvalue weighted by Gasteiger charge is 2.32. The Labute approximate surface area is 123 Å². The molecule has 0 aromatic heterocycles. The lowest BCUT2D eigenvalue weighted by Gasteiger charge is -2.29. The number of quaternary nitrogens is 1. The quantitative estimate of drug-likeness (QED) is 0.731. The van der Waals surface area contributed by atoms with Gasteiger partial charge < -0.3 is 16.0 Å². The first-order valence-electron chi connectivity index (χ1n) is 7.17. The number of likely N-dealkylation sites (tertiary alicyclic amines) is 1. The van der Waals surface area contributed by atoms with Crippen molar-refractivity contribution in [1.29, 1.82) is 0 Å². The van der Waals surface area contributed by atoms with Gasteiger partial charge in [0.25, 0.3) is 11.8 Å². The van der Waals surface area contributed by atoms with Gasteiger partial charge in [0.05, 0.1) is 6.54 Å². The number of benzene rings is 1. The zero-order chi connectivity index (χ0) is 15.4. The highest BCUT2D eigenvalue weighted by molar-refractivity contribution is 5.91. The van der Waals surface area contributed by atoms with Crippen molar-refractivity contribution >= 4 is 17.5 Å². The van der Waals surface area contributed by atoms with Gasteiger partial charge in [-0.3, -0.25) is 9.59 Å². The number of halogens is 1. The van der Waals surface area contributed by atoms with E-state index in [0.717, 1.165) is 30.7 Å². The van der Waals surface area contributed by atoms with Gasteiger partial charge in [0.1, 0.15) is 5.82 Å². The Hall–Kier alpha value is -1.95. The Kier molecular flexibility index (Phi) is 4.90. The molecule has 0 spiro atoms. The Balaban J connectivity index is 1.97. The summed E-state index contributed by atoms with van der Waals surface area (Å²) < 4.78 is 13.4. The van der Waals surface area contributed by atoms with Crippen molar-refractivity contribution in [3.63, 3.8) is 0 Å². The van der Waals surface area contributed by atoms with Crippen LogP contribution in [0, 0.1) is 12.7 Å². The van der Waals surface area contributed by atoms with Gasteiger partial charge in [0.15, 0.2) is 12.6 Å². The number of amides is 2. The third-order valence-corrected chi connectivity index (χ3v) is 3.92. The van der Waals surface area contributed by atoms with Crippen LogP contribution >= 0.6 is 0 Å². The Morgan fingerprint density at radius 3 is 2.86 bits per heavy atom. The summed E-state index contributed by atoms with van der Waals surface area (Å²) in [6, 6.07) is 4.27. The second-order valence-corrected chi connectivity index (χ2v) is 5.55. The highest BCUT2D eigenvalue weighted by Crippen LogP contribution is 2.13. The molecular weight excluding hydrogens is 273 g/mol. The minimum Gasteiger partial charge on any atom is -0.365 e. The number of hydrogen-bond acceptors (Lipinski definition) is 2. The molecule has 21 heavy (non-hydrogen) atoms. The number of nitrogens with one attached hydrogen (secondary N) is 2. The van der Waals surface area contributed by atoms with Crippen LogP contribution in [0.1, 0.15) is 24.8 Å². The van der Waals surface area contributed by atoms with Crippen molar-refractivity contribution in [3.8, 4) is 0 Å². The van der Waals surface area contributed by atoms with Crippen LogP contribution in [0.4, 0.5) is 10.1 Å². The smallest absolute Gasteiger partial charge is 0.279 e. The summed E-state index contributed by atoms with van der Waals surface area (Å²) >= 11 is 0. The van der Waals surface area contributed by atoms with E-state index in [-0.39, 0.29) is 30.2 Å². The third-order valence-electron chi connectivity index (χ3n) is 3.92. The largest absolute Gasteiger partial charge is 0.365 e. The normalized spacial score (nSPS) is 21.8. The summed E-state index contributed by atoms with van der Waals surface area (Å²) in [7, 11) is 0. The summed E-state index contributed by atoms with van der Waals surface area (Å²) in [4.78, 5) is 24.3. The molecule has 1 aliphatic rings. The van der Waals surface area contributed by atoms with Crippen LogP contribution in [0.5, 0.6) is 0 Å². The zero-order valence-corrected chi connectivity index (χ0v) is 12.1. The SMILES string of the molecule is Cc1ccc(NC(=O)C[NH+]2CCCC[C@@H]2C(N)=O)cc1F. The molecule has 1 heterocycles. The Morgan fingerprint density at radius 2 is 2.19 bits per heavy atom. The lowest BCUT2D eigenvalue weighted by molar-refractivity contribution is -0.913. The van der Waals surface area contributed by atoms with E-state index in [2.05, 4.69) is 5.32 Å². The summed E-state index contributed by atoms with van der Waals surface area (Å²) in [6.07, 6.45) is 2.66. The van der Waals surface area contributed by atoms with E-state index in [1.54, 1.807) is 19.1 Å². The average molecular weight is 294 g/mol. The highest BCUT2D eigenvalue weighted by atomic mass is 19.1. The number of anilines is 1. The molecule has 1 aromatic rings. The monoisotopic (exact) mass is 294 g/mol.